The van der Waals surface area contributed by atoms with Gasteiger partial charge in [0, 0.05) is 0 Å². The van der Waals surface area contributed by atoms with E-state index in [4.69, 9.17) is 4.74 Å². The zero-order valence-electron chi connectivity index (χ0n) is 16.1. The molecule has 0 aromatic heterocycles. The van der Waals surface area contributed by atoms with Gasteiger partial charge in [-0.2, -0.15) is 0 Å². The van der Waals surface area contributed by atoms with Crippen LogP contribution in [0.2, 0.25) is 0 Å². The highest BCUT2D eigenvalue weighted by Gasteiger charge is 2.63. The van der Waals surface area contributed by atoms with Gasteiger partial charge < -0.3 is 15.2 Å². The molecule has 1 amide bonds. The molecule has 2 N–H and O–H groups in total. The van der Waals surface area contributed by atoms with Gasteiger partial charge in [0.25, 0.3) is 0 Å². The minimum atomic E-state index is -0.737. The lowest BCUT2D eigenvalue weighted by Crippen LogP contribution is -2.59. The van der Waals surface area contributed by atoms with Crippen molar-refractivity contribution in [3.8, 4) is 0 Å². The van der Waals surface area contributed by atoms with Crippen LogP contribution in [-0.2, 0) is 19.1 Å². The topological polar surface area (TPSA) is 92.7 Å². The average Bonchev–Trinajstić information content (AvgIpc) is 2.56. The van der Waals surface area contributed by atoms with Crippen LogP contribution in [0.5, 0.6) is 0 Å². The molecule has 2 unspecified atom stereocenters. The van der Waals surface area contributed by atoms with Crippen molar-refractivity contribution in [1.29, 1.82) is 0 Å². The molecule has 0 radical (unpaired) electrons. The second-order valence-electron chi connectivity index (χ2n) is 9.46. The van der Waals surface area contributed by atoms with E-state index in [9.17, 15) is 19.5 Å². The Labute approximate surface area is 155 Å². The van der Waals surface area contributed by atoms with E-state index in [1.54, 1.807) is 0 Å². The minimum absolute atomic E-state index is 0.0528. The van der Waals surface area contributed by atoms with Gasteiger partial charge >= 0.3 is 11.9 Å². The molecule has 0 aromatic rings. The third-order valence-corrected chi connectivity index (χ3v) is 7.05. The van der Waals surface area contributed by atoms with Crippen molar-refractivity contribution in [3.63, 3.8) is 0 Å². The third-order valence-electron chi connectivity index (χ3n) is 7.05. The molecule has 4 aliphatic rings. The maximum Gasteiger partial charge on any atom is 0.311 e. The molecule has 0 saturated heterocycles. The number of hydrogen-bond acceptors (Lipinski definition) is 4. The number of carbonyl (C=O) groups excluding carboxylic acids is 2. The number of carboxylic acid groups (broad SMARTS) is 1. The third kappa shape index (κ3) is 3.23. The van der Waals surface area contributed by atoms with Crippen LogP contribution in [0.25, 0.3) is 0 Å². The van der Waals surface area contributed by atoms with Gasteiger partial charge in [0.05, 0.1) is 22.8 Å². The molecule has 26 heavy (non-hydrogen) atoms. The molecule has 146 valence electrons. The molecule has 4 bridgehead atoms. The molecule has 0 heterocycles. The SMILES string of the molecule is CCC(C)(C)C(=O)OCCNC(=O)C12CC3CC(CC(C(=O)O)(C3)C1)C2. The van der Waals surface area contributed by atoms with E-state index in [1.807, 2.05) is 20.8 Å². The highest BCUT2D eigenvalue weighted by molar-refractivity contribution is 5.85. The molecular formula is C20H31NO5. The maximum absolute atomic E-state index is 12.9. The predicted octanol–water partition coefficient (Wildman–Crippen LogP) is 2.75. The van der Waals surface area contributed by atoms with Crippen LogP contribution in [0.1, 0.15) is 65.7 Å². The van der Waals surface area contributed by atoms with Crippen LogP contribution in [0.3, 0.4) is 0 Å². The van der Waals surface area contributed by atoms with Crippen LogP contribution < -0.4 is 5.32 Å². The number of carbonyl (C=O) groups is 3. The fourth-order valence-corrected chi connectivity index (χ4v) is 5.61. The van der Waals surface area contributed by atoms with Crippen molar-refractivity contribution < 1.29 is 24.2 Å². The van der Waals surface area contributed by atoms with E-state index in [0.29, 0.717) is 24.7 Å². The number of amides is 1. The number of rotatable bonds is 7. The van der Waals surface area contributed by atoms with Crippen molar-refractivity contribution in [3.05, 3.63) is 0 Å². The fourth-order valence-electron chi connectivity index (χ4n) is 5.61. The Morgan fingerprint density at radius 1 is 1.12 bits per heavy atom. The van der Waals surface area contributed by atoms with Crippen LogP contribution in [0.15, 0.2) is 0 Å². The van der Waals surface area contributed by atoms with E-state index >= 15 is 0 Å². The summed E-state index contributed by atoms with van der Waals surface area (Å²) < 4.78 is 5.28. The van der Waals surface area contributed by atoms with E-state index in [-0.39, 0.29) is 25.0 Å². The lowest BCUT2D eigenvalue weighted by molar-refractivity contribution is -0.179. The zero-order chi connectivity index (χ0) is 19.2. The van der Waals surface area contributed by atoms with E-state index in [0.717, 1.165) is 32.1 Å². The molecule has 2 atom stereocenters. The summed E-state index contributed by atoms with van der Waals surface area (Å²) in [5.41, 5.74) is -1.77. The summed E-state index contributed by atoms with van der Waals surface area (Å²) in [7, 11) is 0. The Morgan fingerprint density at radius 3 is 2.23 bits per heavy atom. The molecule has 0 aliphatic heterocycles. The largest absolute Gasteiger partial charge is 0.481 e. The van der Waals surface area contributed by atoms with Crippen molar-refractivity contribution in [2.24, 2.45) is 28.1 Å². The van der Waals surface area contributed by atoms with Gasteiger partial charge in [-0.1, -0.05) is 6.92 Å². The normalized spacial score (nSPS) is 35.2. The van der Waals surface area contributed by atoms with E-state index in [2.05, 4.69) is 5.32 Å². The Kier molecular flexibility index (Phi) is 4.82. The molecule has 6 heteroatoms. The Hall–Kier alpha value is -1.59. The first-order valence-electron chi connectivity index (χ1n) is 9.81. The smallest absolute Gasteiger partial charge is 0.311 e. The van der Waals surface area contributed by atoms with Crippen LogP contribution >= 0.6 is 0 Å². The highest BCUT2D eigenvalue weighted by atomic mass is 16.5. The summed E-state index contributed by atoms with van der Waals surface area (Å²) in [6.07, 6.45) is 5.25. The number of ether oxygens (including phenoxy) is 1. The monoisotopic (exact) mass is 365 g/mol. The molecular weight excluding hydrogens is 334 g/mol. The minimum Gasteiger partial charge on any atom is -0.481 e. The number of nitrogens with one attached hydrogen (secondary N) is 1. The Morgan fingerprint density at radius 2 is 1.69 bits per heavy atom. The molecule has 4 rings (SSSR count). The molecule has 4 fully saturated rings. The Balaban J connectivity index is 1.57. The fraction of sp³-hybridized carbons (Fsp3) is 0.850. The number of carboxylic acids is 1. The number of hydrogen-bond donors (Lipinski definition) is 2. The van der Waals surface area contributed by atoms with Gasteiger partial charge in [-0.05, 0) is 70.6 Å². The molecule has 0 aromatic carbocycles. The van der Waals surface area contributed by atoms with Gasteiger partial charge in [-0.25, -0.2) is 0 Å². The first-order valence-corrected chi connectivity index (χ1v) is 9.81. The van der Waals surface area contributed by atoms with Crippen molar-refractivity contribution in [2.75, 3.05) is 13.2 Å². The Bertz CT molecular complexity index is 597. The van der Waals surface area contributed by atoms with Crippen LogP contribution in [0, 0.1) is 28.1 Å². The van der Waals surface area contributed by atoms with Crippen molar-refractivity contribution in [1.82, 2.24) is 5.32 Å². The second kappa shape index (κ2) is 6.54. The van der Waals surface area contributed by atoms with Crippen molar-refractivity contribution in [2.45, 2.75) is 65.7 Å². The van der Waals surface area contributed by atoms with Gasteiger partial charge in [0.15, 0.2) is 0 Å². The lowest BCUT2D eigenvalue weighted by atomic mass is 9.44. The first kappa shape index (κ1) is 19.2. The standard InChI is InChI=1S/C20H31NO5/c1-4-18(2,3)17(25)26-6-5-21-15(22)19-8-13-7-14(9-19)11-20(10-13,12-19)16(23)24/h13-14H,4-12H2,1-3H3,(H,21,22)(H,23,24). The maximum atomic E-state index is 12.9. The van der Waals surface area contributed by atoms with Gasteiger partial charge in [0.1, 0.15) is 6.61 Å². The first-order chi connectivity index (χ1) is 12.1. The lowest BCUT2D eigenvalue weighted by Gasteiger charge is -2.59. The average molecular weight is 365 g/mol. The van der Waals surface area contributed by atoms with Gasteiger partial charge in [-0.15, -0.1) is 0 Å². The second-order valence-corrected chi connectivity index (χ2v) is 9.46. The van der Waals surface area contributed by atoms with E-state index in [1.165, 1.54) is 0 Å². The number of esters is 1. The summed E-state index contributed by atoms with van der Waals surface area (Å²) in [5, 5.41) is 12.7. The summed E-state index contributed by atoms with van der Waals surface area (Å²) in [6, 6.07) is 0. The summed E-state index contributed by atoms with van der Waals surface area (Å²) in [5.74, 6) is -0.348. The van der Waals surface area contributed by atoms with Gasteiger partial charge in [-0.3, -0.25) is 14.4 Å². The molecule has 4 saturated carbocycles. The number of aliphatic carboxylic acids is 1. The molecule has 6 nitrogen and oxygen atoms in total. The molecule has 0 spiro atoms. The van der Waals surface area contributed by atoms with E-state index < -0.39 is 22.2 Å². The van der Waals surface area contributed by atoms with Crippen LogP contribution in [0.4, 0.5) is 0 Å². The quantitative estimate of drug-likeness (QED) is 0.534. The predicted molar refractivity (Wildman–Crippen MR) is 95.2 cm³/mol. The molecule has 4 aliphatic carbocycles. The summed E-state index contributed by atoms with van der Waals surface area (Å²) in [6.45, 7) is 6.06. The van der Waals surface area contributed by atoms with Gasteiger partial charge in [0.2, 0.25) is 5.91 Å². The summed E-state index contributed by atoms with van der Waals surface area (Å²) >= 11 is 0. The highest BCUT2D eigenvalue weighted by Crippen LogP contribution is 2.65. The summed E-state index contributed by atoms with van der Waals surface area (Å²) in [4.78, 5) is 36.8. The van der Waals surface area contributed by atoms with Crippen LogP contribution in [-0.4, -0.2) is 36.1 Å². The van der Waals surface area contributed by atoms with Crippen molar-refractivity contribution >= 4 is 17.8 Å². The zero-order valence-corrected chi connectivity index (χ0v) is 16.1.